The maximum atomic E-state index is 12.7. The lowest BCUT2D eigenvalue weighted by molar-refractivity contribution is -0.166. The first-order valence-corrected chi connectivity index (χ1v) is 24.9. The van der Waals surface area contributed by atoms with E-state index in [-0.39, 0.29) is 37.5 Å². The van der Waals surface area contributed by atoms with E-state index >= 15 is 0 Å². The Labute approximate surface area is 370 Å². The predicted molar refractivity (Wildman–Crippen MR) is 256 cm³/mol. The van der Waals surface area contributed by atoms with E-state index in [0.717, 1.165) is 89.9 Å². The Bertz CT molecular complexity index is 1140. The molecule has 0 radical (unpaired) electrons. The van der Waals surface area contributed by atoms with Crippen LogP contribution >= 0.6 is 0 Å². The van der Waals surface area contributed by atoms with Crippen molar-refractivity contribution in [1.29, 1.82) is 0 Å². The van der Waals surface area contributed by atoms with Crippen LogP contribution in [-0.4, -0.2) is 37.2 Å². The standard InChI is InChI=1S/C54H92O6/c1-4-7-10-13-16-19-22-24-25-26-27-28-29-31-32-35-38-41-44-47-53(56)59-50-51(49-58-52(55)46-43-40-37-34-21-18-15-12-9-6-3)60-54(57)48-45-42-39-36-33-30-23-20-17-14-11-8-5-2/h7,10,15-16,18-19,24-25,30,33,39,42,51H,4-6,8-9,11-14,17,20-23,26-29,31-32,34-38,40-41,43-50H2,1-3H3/b10-7-,18-15-,19-16-,25-24-,33-30-,42-39-. The highest BCUT2D eigenvalue weighted by Crippen LogP contribution is 2.14. The third-order valence-corrected chi connectivity index (χ3v) is 10.4. The van der Waals surface area contributed by atoms with Gasteiger partial charge < -0.3 is 14.2 Å². The second-order valence-electron chi connectivity index (χ2n) is 16.3. The molecule has 0 spiro atoms. The molecule has 0 bridgehead atoms. The molecule has 1 atom stereocenters. The van der Waals surface area contributed by atoms with Crippen LogP contribution in [0.25, 0.3) is 0 Å². The number of carbonyl (C=O) groups excluding carboxylic acids is 3. The van der Waals surface area contributed by atoms with E-state index in [1.807, 2.05) is 6.08 Å². The number of esters is 3. The molecule has 0 saturated heterocycles. The molecular weight excluding hydrogens is 745 g/mol. The molecule has 6 heteroatoms. The molecule has 344 valence electrons. The minimum absolute atomic E-state index is 0.105. The number of unbranched alkanes of at least 4 members (excludes halogenated alkanes) is 21. The van der Waals surface area contributed by atoms with Gasteiger partial charge in [-0.15, -0.1) is 0 Å². The molecule has 1 unspecified atom stereocenters. The number of rotatable bonds is 44. The van der Waals surface area contributed by atoms with Gasteiger partial charge >= 0.3 is 17.9 Å². The summed E-state index contributed by atoms with van der Waals surface area (Å²) in [6, 6.07) is 0. The van der Waals surface area contributed by atoms with Crippen molar-refractivity contribution in [3.8, 4) is 0 Å². The smallest absolute Gasteiger partial charge is 0.306 e. The van der Waals surface area contributed by atoms with Crippen LogP contribution in [0.4, 0.5) is 0 Å². The number of hydrogen-bond acceptors (Lipinski definition) is 6. The van der Waals surface area contributed by atoms with E-state index in [1.165, 1.54) is 96.3 Å². The van der Waals surface area contributed by atoms with Crippen LogP contribution in [0.1, 0.15) is 233 Å². The average molecular weight is 837 g/mol. The van der Waals surface area contributed by atoms with Crippen molar-refractivity contribution in [1.82, 2.24) is 0 Å². The Hall–Kier alpha value is -3.15. The first-order chi connectivity index (χ1) is 29.5. The van der Waals surface area contributed by atoms with Gasteiger partial charge in [-0.25, -0.2) is 0 Å². The Morgan fingerprint density at radius 1 is 0.350 bits per heavy atom. The Balaban J connectivity index is 4.39. The number of hydrogen-bond donors (Lipinski definition) is 0. The molecule has 0 amide bonds. The summed E-state index contributed by atoms with van der Waals surface area (Å²) in [5.74, 6) is -0.994. The lowest BCUT2D eigenvalue weighted by atomic mass is 10.1. The molecule has 0 heterocycles. The highest BCUT2D eigenvalue weighted by molar-refractivity contribution is 5.71. The van der Waals surface area contributed by atoms with Crippen molar-refractivity contribution in [2.24, 2.45) is 0 Å². The zero-order valence-electron chi connectivity index (χ0n) is 39.2. The molecule has 0 aliphatic heterocycles. The van der Waals surface area contributed by atoms with Crippen molar-refractivity contribution in [3.63, 3.8) is 0 Å². The zero-order chi connectivity index (χ0) is 43.7. The van der Waals surface area contributed by atoms with Gasteiger partial charge in [0.1, 0.15) is 13.2 Å². The van der Waals surface area contributed by atoms with Crippen molar-refractivity contribution < 1.29 is 28.6 Å². The summed E-state index contributed by atoms with van der Waals surface area (Å²) in [5.41, 5.74) is 0. The summed E-state index contributed by atoms with van der Waals surface area (Å²) < 4.78 is 16.7. The minimum atomic E-state index is -0.810. The largest absolute Gasteiger partial charge is 0.462 e. The molecule has 60 heavy (non-hydrogen) atoms. The van der Waals surface area contributed by atoms with Gasteiger partial charge in [0, 0.05) is 19.3 Å². The van der Waals surface area contributed by atoms with Crippen LogP contribution < -0.4 is 0 Å². The molecule has 0 rings (SSSR count). The SMILES string of the molecule is CC/C=C\C/C=C\C/C=C\CCCCCCCCCCCC(=O)OCC(COC(=O)CCCCCC/C=C\CCCC)OC(=O)CC/C=C\C/C=C\CCCCCCCC. The Kier molecular flexibility index (Phi) is 46.0. The first-order valence-electron chi connectivity index (χ1n) is 24.9. The van der Waals surface area contributed by atoms with E-state index in [4.69, 9.17) is 14.2 Å². The van der Waals surface area contributed by atoms with Crippen LogP contribution in [0.5, 0.6) is 0 Å². The highest BCUT2D eigenvalue weighted by Gasteiger charge is 2.19. The predicted octanol–water partition coefficient (Wildman–Crippen LogP) is 16.3. The maximum absolute atomic E-state index is 12.7. The van der Waals surface area contributed by atoms with E-state index < -0.39 is 6.10 Å². The summed E-state index contributed by atoms with van der Waals surface area (Å²) in [6.07, 6.45) is 60.5. The topological polar surface area (TPSA) is 78.9 Å². The molecule has 0 aromatic carbocycles. The molecule has 0 fully saturated rings. The lowest BCUT2D eigenvalue weighted by Crippen LogP contribution is -2.30. The summed E-state index contributed by atoms with van der Waals surface area (Å²) in [6.45, 7) is 6.40. The molecule has 0 aliphatic carbocycles. The van der Waals surface area contributed by atoms with Crippen LogP contribution in [0.2, 0.25) is 0 Å². The lowest BCUT2D eigenvalue weighted by Gasteiger charge is -2.18. The average Bonchev–Trinajstić information content (AvgIpc) is 3.24. The van der Waals surface area contributed by atoms with Gasteiger partial charge in [-0.1, -0.05) is 196 Å². The number of carbonyl (C=O) groups is 3. The molecule has 0 aromatic rings. The maximum Gasteiger partial charge on any atom is 0.306 e. The fourth-order valence-electron chi connectivity index (χ4n) is 6.67. The number of ether oxygens (including phenoxy) is 3. The zero-order valence-corrected chi connectivity index (χ0v) is 39.2. The molecule has 0 aliphatic rings. The second kappa shape index (κ2) is 48.5. The fraction of sp³-hybridized carbons (Fsp3) is 0.722. The molecule has 0 saturated carbocycles. The van der Waals surface area contributed by atoms with Crippen LogP contribution in [0.3, 0.4) is 0 Å². The van der Waals surface area contributed by atoms with Gasteiger partial charge in [0.05, 0.1) is 0 Å². The second-order valence-corrected chi connectivity index (χ2v) is 16.3. The van der Waals surface area contributed by atoms with Crippen LogP contribution in [0, 0.1) is 0 Å². The van der Waals surface area contributed by atoms with Gasteiger partial charge in [-0.2, -0.15) is 0 Å². The third-order valence-electron chi connectivity index (χ3n) is 10.4. The van der Waals surface area contributed by atoms with Crippen molar-refractivity contribution >= 4 is 17.9 Å². The summed E-state index contributed by atoms with van der Waals surface area (Å²) in [5, 5.41) is 0. The van der Waals surface area contributed by atoms with E-state index in [0.29, 0.717) is 19.3 Å². The summed E-state index contributed by atoms with van der Waals surface area (Å²) in [7, 11) is 0. The van der Waals surface area contributed by atoms with E-state index in [9.17, 15) is 14.4 Å². The molecular formula is C54H92O6. The van der Waals surface area contributed by atoms with Gasteiger partial charge in [0.15, 0.2) is 6.10 Å². The summed E-state index contributed by atoms with van der Waals surface area (Å²) in [4.78, 5) is 37.8. The van der Waals surface area contributed by atoms with Crippen LogP contribution in [-0.2, 0) is 28.6 Å². The van der Waals surface area contributed by atoms with Gasteiger partial charge in [0.25, 0.3) is 0 Å². The number of allylic oxidation sites excluding steroid dienone is 12. The van der Waals surface area contributed by atoms with Crippen LogP contribution in [0.15, 0.2) is 72.9 Å². The van der Waals surface area contributed by atoms with Crippen molar-refractivity contribution in [2.45, 2.75) is 239 Å². The fourth-order valence-corrected chi connectivity index (χ4v) is 6.67. The van der Waals surface area contributed by atoms with E-state index in [2.05, 4.69) is 87.6 Å². The van der Waals surface area contributed by atoms with Crippen molar-refractivity contribution in [3.05, 3.63) is 72.9 Å². The third kappa shape index (κ3) is 45.9. The van der Waals surface area contributed by atoms with Gasteiger partial charge in [0.2, 0.25) is 0 Å². The summed E-state index contributed by atoms with van der Waals surface area (Å²) >= 11 is 0. The first kappa shape index (κ1) is 56.9. The van der Waals surface area contributed by atoms with E-state index in [1.54, 1.807) is 0 Å². The highest BCUT2D eigenvalue weighted by atomic mass is 16.6. The monoisotopic (exact) mass is 837 g/mol. The molecule has 6 nitrogen and oxygen atoms in total. The Morgan fingerprint density at radius 3 is 1.15 bits per heavy atom. The minimum Gasteiger partial charge on any atom is -0.462 e. The van der Waals surface area contributed by atoms with Gasteiger partial charge in [-0.3, -0.25) is 14.4 Å². The normalized spacial score (nSPS) is 12.7. The molecule has 0 N–H and O–H groups in total. The molecule has 0 aromatic heterocycles. The Morgan fingerprint density at radius 2 is 0.700 bits per heavy atom. The quantitative estimate of drug-likeness (QED) is 0.0263. The van der Waals surface area contributed by atoms with Gasteiger partial charge in [-0.05, 0) is 89.9 Å². The van der Waals surface area contributed by atoms with Crippen molar-refractivity contribution in [2.75, 3.05) is 13.2 Å².